The van der Waals surface area contributed by atoms with Crippen LogP contribution in [0.5, 0.6) is 5.75 Å². The number of methoxy groups -OCH3 is 1. The van der Waals surface area contributed by atoms with Crippen LogP contribution in [0.4, 0.5) is 0 Å². The molecule has 26 heavy (non-hydrogen) atoms. The Labute approximate surface area is 160 Å². The van der Waals surface area contributed by atoms with Crippen molar-refractivity contribution in [3.8, 4) is 17.2 Å². The van der Waals surface area contributed by atoms with Crippen molar-refractivity contribution in [2.75, 3.05) is 18.6 Å². The molecule has 0 aliphatic carbocycles. The van der Waals surface area contributed by atoms with Gasteiger partial charge < -0.3 is 9.15 Å². The molecule has 6 nitrogen and oxygen atoms in total. The van der Waals surface area contributed by atoms with Gasteiger partial charge in [-0.2, -0.15) is 0 Å². The molecule has 9 heteroatoms. The van der Waals surface area contributed by atoms with Gasteiger partial charge in [0.1, 0.15) is 5.75 Å². The number of nitrogens with zero attached hydrogens (tertiary/aromatic N) is 2. The fourth-order valence-electron chi connectivity index (χ4n) is 2.12. The topological polar surface area (TPSA) is 82.3 Å². The third-order valence-electron chi connectivity index (χ3n) is 3.49. The summed E-state index contributed by atoms with van der Waals surface area (Å²) in [5.74, 6) is 1.36. The van der Waals surface area contributed by atoms with Gasteiger partial charge in [0.15, 0.2) is 9.84 Å². The van der Waals surface area contributed by atoms with Crippen LogP contribution in [0.15, 0.2) is 63.1 Å². The third kappa shape index (κ3) is 4.57. The molecule has 0 radical (unpaired) electrons. The molecular weight excluding hydrogens is 396 g/mol. The number of hydrogen-bond acceptors (Lipinski definition) is 7. The minimum Gasteiger partial charge on any atom is -0.497 e. The molecule has 0 aliphatic rings. The maximum Gasteiger partial charge on any atom is 0.276 e. The van der Waals surface area contributed by atoms with Gasteiger partial charge in [-0.3, -0.25) is 0 Å². The smallest absolute Gasteiger partial charge is 0.276 e. The molecule has 0 fully saturated rings. The van der Waals surface area contributed by atoms with Crippen LogP contribution in [-0.2, 0) is 9.84 Å². The Balaban J connectivity index is 1.60. The summed E-state index contributed by atoms with van der Waals surface area (Å²) in [5, 5.41) is 8.74. The number of sulfone groups is 1. The molecule has 0 unspecified atom stereocenters. The van der Waals surface area contributed by atoms with Gasteiger partial charge in [0, 0.05) is 16.3 Å². The van der Waals surface area contributed by atoms with Crippen molar-refractivity contribution in [3.05, 3.63) is 53.6 Å². The highest BCUT2D eigenvalue weighted by molar-refractivity contribution is 8.00. The zero-order valence-electron chi connectivity index (χ0n) is 13.8. The molecule has 2 aromatic carbocycles. The molecule has 0 atom stereocenters. The fourth-order valence-corrected chi connectivity index (χ4v) is 4.65. The zero-order chi connectivity index (χ0) is 18.6. The van der Waals surface area contributed by atoms with Crippen LogP contribution in [0, 0.1) is 0 Å². The highest BCUT2D eigenvalue weighted by atomic mass is 35.5. The first kappa shape index (κ1) is 18.8. The number of ether oxygens (including phenoxy) is 1. The van der Waals surface area contributed by atoms with Crippen molar-refractivity contribution in [1.82, 2.24) is 10.2 Å². The number of thioether (sulfide) groups is 1. The second-order valence-corrected chi connectivity index (χ2v) is 8.81. The molecule has 0 spiro atoms. The maximum atomic E-state index is 12.3. The SMILES string of the molecule is COc1ccc(-c2nnc(SCCS(=O)(=O)c3ccc(Cl)cc3)o2)cc1. The lowest BCUT2D eigenvalue weighted by atomic mass is 10.2. The third-order valence-corrected chi connectivity index (χ3v) is 6.56. The molecule has 0 bridgehead atoms. The first-order valence-corrected chi connectivity index (χ1v) is 10.6. The minimum absolute atomic E-state index is 0.0421. The van der Waals surface area contributed by atoms with E-state index in [0.29, 0.717) is 21.9 Å². The molecule has 3 rings (SSSR count). The van der Waals surface area contributed by atoms with E-state index >= 15 is 0 Å². The maximum absolute atomic E-state index is 12.3. The largest absolute Gasteiger partial charge is 0.497 e. The van der Waals surface area contributed by atoms with Crippen LogP contribution in [0.3, 0.4) is 0 Å². The van der Waals surface area contributed by atoms with Gasteiger partial charge in [-0.15, -0.1) is 10.2 Å². The molecule has 136 valence electrons. The summed E-state index contributed by atoms with van der Waals surface area (Å²) < 4.78 is 35.2. The first-order valence-electron chi connectivity index (χ1n) is 7.57. The van der Waals surface area contributed by atoms with E-state index in [1.807, 2.05) is 12.1 Å². The molecular formula is C17H15ClN2O4S2. The quantitative estimate of drug-likeness (QED) is 0.545. The van der Waals surface area contributed by atoms with Gasteiger partial charge in [0.25, 0.3) is 5.22 Å². The lowest BCUT2D eigenvalue weighted by molar-refractivity contribution is 0.414. The van der Waals surface area contributed by atoms with Crippen LogP contribution >= 0.6 is 23.4 Å². The predicted octanol–water partition coefficient (Wildman–Crippen LogP) is 3.96. The lowest BCUT2D eigenvalue weighted by Crippen LogP contribution is -2.08. The molecule has 0 saturated carbocycles. The number of halogens is 1. The van der Waals surface area contributed by atoms with Gasteiger partial charge in [0.05, 0.1) is 17.8 Å². The average Bonchev–Trinajstić information content (AvgIpc) is 3.11. The Bertz CT molecular complexity index is 971. The van der Waals surface area contributed by atoms with Crippen molar-refractivity contribution >= 4 is 33.2 Å². The summed E-state index contributed by atoms with van der Waals surface area (Å²) in [4.78, 5) is 0.243. The number of benzene rings is 2. The van der Waals surface area contributed by atoms with Crippen LogP contribution < -0.4 is 4.74 Å². The normalized spacial score (nSPS) is 11.5. The predicted molar refractivity (Wildman–Crippen MR) is 101 cm³/mol. The molecule has 1 heterocycles. The van der Waals surface area contributed by atoms with Gasteiger partial charge >= 0.3 is 0 Å². The standard InChI is InChI=1S/C17H15ClN2O4S2/c1-23-14-6-2-12(3-7-14)16-19-20-17(24-16)25-10-11-26(21,22)15-8-4-13(18)5-9-15/h2-9H,10-11H2,1H3. The van der Waals surface area contributed by atoms with E-state index in [4.69, 9.17) is 20.8 Å². The number of rotatable bonds is 7. The van der Waals surface area contributed by atoms with Gasteiger partial charge in [-0.05, 0) is 48.5 Å². The lowest BCUT2D eigenvalue weighted by Gasteiger charge is -2.03. The van der Waals surface area contributed by atoms with E-state index in [1.165, 1.54) is 23.9 Å². The van der Waals surface area contributed by atoms with Crippen molar-refractivity contribution in [3.63, 3.8) is 0 Å². The van der Waals surface area contributed by atoms with Crippen LogP contribution in [0.2, 0.25) is 5.02 Å². The van der Waals surface area contributed by atoms with Gasteiger partial charge in [-0.1, -0.05) is 23.4 Å². The Hall–Kier alpha value is -2.03. The van der Waals surface area contributed by atoms with Crippen LogP contribution in [-0.4, -0.2) is 37.2 Å². The van der Waals surface area contributed by atoms with Crippen LogP contribution in [0.25, 0.3) is 11.5 Å². The highest BCUT2D eigenvalue weighted by Gasteiger charge is 2.16. The second-order valence-electron chi connectivity index (χ2n) is 5.22. The summed E-state index contributed by atoms with van der Waals surface area (Å²) >= 11 is 6.98. The minimum atomic E-state index is -3.38. The molecule has 0 aliphatic heterocycles. The number of aromatic nitrogens is 2. The van der Waals surface area contributed by atoms with E-state index in [2.05, 4.69) is 10.2 Å². The highest BCUT2D eigenvalue weighted by Crippen LogP contribution is 2.25. The summed E-state index contributed by atoms with van der Waals surface area (Å²) in [7, 11) is -1.79. The Morgan fingerprint density at radius 1 is 1.08 bits per heavy atom. The van der Waals surface area contributed by atoms with Crippen molar-refractivity contribution in [2.45, 2.75) is 10.1 Å². The monoisotopic (exact) mass is 410 g/mol. The zero-order valence-corrected chi connectivity index (χ0v) is 16.1. The summed E-state index contributed by atoms with van der Waals surface area (Å²) in [6.45, 7) is 0. The van der Waals surface area contributed by atoms with E-state index < -0.39 is 9.84 Å². The van der Waals surface area contributed by atoms with Crippen molar-refractivity contribution in [2.24, 2.45) is 0 Å². The van der Waals surface area contributed by atoms with Crippen molar-refractivity contribution < 1.29 is 17.6 Å². The summed E-state index contributed by atoms with van der Waals surface area (Å²) in [6, 6.07) is 13.3. The molecule has 3 aromatic rings. The Morgan fingerprint density at radius 3 is 2.42 bits per heavy atom. The first-order chi connectivity index (χ1) is 12.5. The van der Waals surface area contributed by atoms with E-state index in [9.17, 15) is 8.42 Å². The van der Waals surface area contributed by atoms with Crippen molar-refractivity contribution in [1.29, 1.82) is 0 Å². The molecule has 0 saturated heterocycles. The Morgan fingerprint density at radius 2 is 1.77 bits per heavy atom. The summed E-state index contributed by atoms with van der Waals surface area (Å²) in [5.41, 5.74) is 0.763. The molecule has 1 aromatic heterocycles. The second kappa shape index (κ2) is 8.11. The van der Waals surface area contributed by atoms with Gasteiger partial charge in [-0.25, -0.2) is 8.42 Å². The average molecular weight is 411 g/mol. The van der Waals surface area contributed by atoms with Gasteiger partial charge in [0.2, 0.25) is 5.89 Å². The van der Waals surface area contributed by atoms with E-state index in [0.717, 1.165) is 11.3 Å². The van der Waals surface area contributed by atoms with E-state index in [-0.39, 0.29) is 10.6 Å². The van der Waals surface area contributed by atoms with E-state index in [1.54, 1.807) is 31.4 Å². The number of hydrogen-bond donors (Lipinski definition) is 0. The Kier molecular flexibility index (Phi) is 5.85. The van der Waals surface area contributed by atoms with Crippen LogP contribution in [0.1, 0.15) is 0 Å². The molecule has 0 N–H and O–H groups in total. The summed E-state index contributed by atoms with van der Waals surface area (Å²) in [6.07, 6.45) is 0. The fraction of sp³-hybridized carbons (Fsp3) is 0.176. The molecule has 0 amide bonds.